The normalized spacial score (nSPS) is 10.7. The van der Waals surface area contributed by atoms with Crippen LogP contribution in [0.2, 0.25) is 0 Å². The molecule has 1 amide bonds. The van der Waals surface area contributed by atoms with Crippen LogP contribution in [0.15, 0.2) is 37.0 Å². The summed E-state index contributed by atoms with van der Waals surface area (Å²) in [6.07, 6.45) is 6.46. The molecule has 13 heavy (non-hydrogen) atoms. The second-order valence-electron chi connectivity index (χ2n) is 2.71. The van der Waals surface area contributed by atoms with Crippen LogP contribution in [0.4, 0.5) is 0 Å². The summed E-state index contributed by atoms with van der Waals surface area (Å²) in [4.78, 5) is 11.2. The van der Waals surface area contributed by atoms with Crippen LogP contribution in [-0.2, 0) is 4.79 Å². The minimum atomic E-state index is 0.0369. The third-order valence-electron chi connectivity index (χ3n) is 1.53. The van der Waals surface area contributed by atoms with E-state index in [0.717, 1.165) is 18.5 Å². The topological polar surface area (TPSA) is 29.1 Å². The minimum Gasteiger partial charge on any atom is -0.356 e. The molecular formula is C11H17NO. The predicted molar refractivity (Wildman–Crippen MR) is 56.4 cm³/mol. The van der Waals surface area contributed by atoms with Crippen LogP contribution in [0.3, 0.4) is 0 Å². The molecule has 2 heteroatoms. The number of hydrogen-bond donors (Lipinski definition) is 1. The molecule has 0 atom stereocenters. The van der Waals surface area contributed by atoms with E-state index in [2.05, 4.69) is 18.5 Å². The lowest BCUT2D eigenvalue weighted by atomic mass is 10.1. The first-order valence-corrected chi connectivity index (χ1v) is 4.45. The second kappa shape index (κ2) is 7.35. The minimum absolute atomic E-state index is 0.0369. The number of nitrogens with one attached hydrogen (secondary N) is 1. The fraction of sp³-hybridized carbons (Fsp3) is 0.364. The van der Waals surface area contributed by atoms with E-state index in [1.54, 1.807) is 18.2 Å². The second-order valence-corrected chi connectivity index (χ2v) is 2.71. The van der Waals surface area contributed by atoms with Gasteiger partial charge in [-0.2, -0.15) is 0 Å². The lowest BCUT2D eigenvalue weighted by Gasteiger charge is -2.02. The zero-order valence-electron chi connectivity index (χ0n) is 8.18. The molecule has 0 radical (unpaired) electrons. The summed E-state index contributed by atoms with van der Waals surface area (Å²) in [6.45, 7) is 9.93. The molecule has 0 aromatic heterocycles. The third kappa shape index (κ3) is 5.91. The standard InChI is InChI=1S/C11H17NO/c1-4-7-10(6-3)9-11(13)12-8-5-2/h4,6-7H,1,3,5,8-9H2,2H3,(H,12,13)/b10-7+. The molecule has 0 aliphatic carbocycles. The highest BCUT2D eigenvalue weighted by Gasteiger charge is 2.00. The van der Waals surface area contributed by atoms with Crippen molar-refractivity contribution in [2.45, 2.75) is 19.8 Å². The van der Waals surface area contributed by atoms with Gasteiger partial charge in [-0.05, 0) is 12.0 Å². The molecule has 0 spiro atoms. The average molecular weight is 179 g/mol. The molecule has 0 fully saturated rings. The van der Waals surface area contributed by atoms with Crippen molar-refractivity contribution in [3.63, 3.8) is 0 Å². The number of rotatable bonds is 6. The van der Waals surface area contributed by atoms with Crippen LogP contribution in [0.25, 0.3) is 0 Å². The van der Waals surface area contributed by atoms with Gasteiger partial charge < -0.3 is 5.32 Å². The van der Waals surface area contributed by atoms with Gasteiger partial charge in [-0.25, -0.2) is 0 Å². The first-order valence-electron chi connectivity index (χ1n) is 4.45. The SMILES string of the molecule is C=C/C=C(\C=C)CC(=O)NCCC. The molecule has 0 heterocycles. The molecule has 0 aliphatic heterocycles. The van der Waals surface area contributed by atoms with Crippen molar-refractivity contribution in [1.82, 2.24) is 5.32 Å². The lowest BCUT2D eigenvalue weighted by Crippen LogP contribution is -2.23. The Labute approximate surface area is 80.0 Å². The highest BCUT2D eigenvalue weighted by Crippen LogP contribution is 2.02. The zero-order valence-corrected chi connectivity index (χ0v) is 8.18. The van der Waals surface area contributed by atoms with Crippen molar-refractivity contribution in [3.05, 3.63) is 37.0 Å². The quantitative estimate of drug-likeness (QED) is 0.622. The number of amides is 1. The fourth-order valence-electron chi connectivity index (χ4n) is 0.863. The largest absolute Gasteiger partial charge is 0.356 e. The smallest absolute Gasteiger partial charge is 0.224 e. The van der Waals surface area contributed by atoms with E-state index in [-0.39, 0.29) is 5.91 Å². The first-order chi connectivity index (χ1) is 6.24. The molecular weight excluding hydrogens is 162 g/mol. The predicted octanol–water partition coefficient (Wildman–Crippen LogP) is 2.20. The first kappa shape index (κ1) is 11.7. The van der Waals surface area contributed by atoms with Crippen molar-refractivity contribution in [3.8, 4) is 0 Å². The summed E-state index contributed by atoms with van der Waals surface area (Å²) >= 11 is 0. The van der Waals surface area contributed by atoms with Gasteiger partial charge in [-0.1, -0.05) is 38.3 Å². The van der Waals surface area contributed by atoms with Gasteiger partial charge in [0.05, 0.1) is 6.42 Å². The number of carbonyl (C=O) groups is 1. The molecule has 1 N–H and O–H groups in total. The fourth-order valence-corrected chi connectivity index (χ4v) is 0.863. The van der Waals surface area contributed by atoms with E-state index < -0.39 is 0 Å². The summed E-state index contributed by atoms with van der Waals surface area (Å²) in [5.74, 6) is 0.0369. The van der Waals surface area contributed by atoms with Crippen LogP contribution < -0.4 is 5.32 Å². The van der Waals surface area contributed by atoms with Gasteiger partial charge >= 0.3 is 0 Å². The van der Waals surface area contributed by atoms with Crippen molar-refractivity contribution in [2.24, 2.45) is 0 Å². The molecule has 0 aliphatic rings. The van der Waals surface area contributed by atoms with Gasteiger partial charge in [0.15, 0.2) is 0 Å². The highest BCUT2D eigenvalue weighted by molar-refractivity contribution is 5.79. The lowest BCUT2D eigenvalue weighted by molar-refractivity contribution is -0.120. The van der Waals surface area contributed by atoms with Gasteiger partial charge in [-0.3, -0.25) is 4.79 Å². The molecule has 0 aromatic rings. The third-order valence-corrected chi connectivity index (χ3v) is 1.53. The molecule has 0 unspecified atom stereocenters. The number of hydrogen-bond acceptors (Lipinski definition) is 1. The van der Waals surface area contributed by atoms with E-state index in [1.165, 1.54) is 0 Å². The van der Waals surface area contributed by atoms with Crippen LogP contribution in [-0.4, -0.2) is 12.5 Å². The van der Waals surface area contributed by atoms with Crippen LogP contribution in [0, 0.1) is 0 Å². The Kier molecular flexibility index (Phi) is 6.60. The van der Waals surface area contributed by atoms with E-state index in [1.807, 2.05) is 6.92 Å². The molecule has 0 aromatic carbocycles. The Morgan fingerprint density at radius 3 is 2.62 bits per heavy atom. The Morgan fingerprint density at radius 1 is 1.46 bits per heavy atom. The van der Waals surface area contributed by atoms with E-state index in [9.17, 15) is 4.79 Å². The molecule has 0 saturated carbocycles. The molecule has 0 saturated heterocycles. The number of allylic oxidation sites excluding steroid dienone is 3. The summed E-state index contributed by atoms with van der Waals surface area (Å²) in [5, 5.41) is 2.79. The van der Waals surface area contributed by atoms with Crippen molar-refractivity contribution >= 4 is 5.91 Å². The Balaban J connectivity index is 3.94. The van der Waals surface area contributed by atoms with Crippen LogP contribution in [0.5, 0.6) is 0 Å². The maximum Gasteiger partial charge on any atom is 0.224 e. The Morgan fingerprint density at radius 2 is 2.15 bits per heavy atom. The monoisotopic (exact) mass is 179 g/mol. The van der Waals surface area contributed by atoms with Crippen molar-refractivity contribution in [2.75, 3.05) is 6.54 Å². The molecule has 2 nitrogen and oxygen atoms in total. The summed E-state index contributed by atoms with van der Waals surface area (Å²) in [6, 6.07) is 0. The van der Waals surface area contributed by atoms with Gasteiger partial charge in [0, 0.05) is 6.54 Å². The van der Waals surface area contributed by atoms with E-state index in [0.29, 0.717) is 6.42 Å². The van der Waals surface area contributed by atoms with Crippen molar-refractivity contribution in [1.29, 1.82) is 0 Å². The van der Waals surface area contributed by atoms with Gasteiger partial charge in [0.25, 0.3) is 0 Å². The maximum atomic E-state index is 11.2. The van der Waals surface area contributed by atoms with E-state index >= 15 is 0 Å². The van der Waals surface area contributed by atoms with Crippen LogP contribution in [0.1, 0.15) is 19.8 Å². The summed E-state index contributed by atoms with van der Waals surface area (Å²) in [7, 11) is 0. The number of carbonyl (C=O) groups excluding carboxylic acids is 1. The van der Waals surface area contributed by atoms with E-state index in [4.69, 9.17) is 0 Å². The van der Waals surface area contributed by atoms with Crippen LogP contribution >= 0.6 is 0 Å². The van der Waals surface area contributed by atoms with Gasteiger partial charge in [-0.15, -0.1) is 0 Å². The zero-order chi connectivity index (χ0) is 10.1. The highest BCUT2D eigenvalue weighted by atomic mass is 16.1. The van der Waals surface area contributed by atoms with Crippen molar-refractivity contribution < 1.29 is 4.79 Å². The molecule has 0 rings (SSSR count). The molecule has 0 bridgehead atoms. The average Bonchev–Trinajstić information content (AvgIpc) is 2.14. The molecule has 72 valence electrons. The van der Waals surface area contributed by atoms with Gasteiger partial charge in [0.1, 0.15) is 0 Å². The summed E-state index contributed by atoms with van der Waals surface area (Å²) in [5.41, 5.74) is 0.892. The maximum absolute atomic E-state index is 11.2. The Bertz CT molecular complexity index is 216. The summed E-state index contributed by atoms with van der Waals surface area (Å²) < 4.78 is 0. The van der Waals surface area contributed by atoms with Gasteiger partial charge in [0.2, 0.25) is 5.91 Å². The Hall–Kier alpha value is -1.31.